The first kappa shape index (κ1) is 16.4. The van der Waals surface area contributed by atoms with Crippen LogP contribution in [0.1, 0.15) is 32.6 Å². The Kier molecular flexibility index (Phi) is 7.00. The average Bonchev–Trinajstić information content (AvgIpc) is 2.45. The summed E-state index contributed by atoms with van der Waals surface area (Å²) in [5.41, 5.74) is 0. The van der Waals surface area contributed by atoms with Crippen LogP contribution in [0.4, 0.5) is 4.79 Å². The van der Waals surface area contributed by atoms with E-state index in [1.807, 2.05) is 0 Å². The van der Waals surface area contributed by atoms with Crippen LogP contribution in [0, 0.1) is 5.92 Å². The summed E-state index contributed by atoms with van der Waals surface area (Å²) in [4.78, 5) is 33.9. The number of rotatable bonds is 5. The van der Waals surface area contributed by atoms with Gasteiger partial charge in [-0.25, -0.2) is 4.79 Å². The molecule has 0 aromatic heterocycles. The maximum atomic E-state index is 11.4. The minimum atomic E-state index is -0.518. The van der Waals surface area contributed by atoms with Gasteiger partial charge >= 0.3 is 12.0 Å². The smallest absolute Gasteiger partial charge is 0.321 e. The molecule has 0 unspecified atom stereocenters. The second-order valence-electron chi connectivity index (χ2n) is 4.72. The Hall–Kier alpha value is -1.63. The molecule has 20 heavy (non-hydrogen) atoms. The van der Waals surface area contributed by atoms with E-state index in [1.165, 1.54) is 7.11 Å². The molecule has 2 N–H and O–H groups in total. The fourth-order valence-corrected chi connectivity index (χ4v) is 2.19. The van der Waals surface area contributed by atoms with E-state index in [4.69, 9.17) is 9.47 Å². The Morgan fingerprint density at radius 1 is 1.15 bits per heavy atom. The second kappa shape index (κ2) is 8.52. The van der Waals surface area contributed by atoms with Crippen molar-refractivity contribution in [1.82, 2.24) is 10.6 Å². The van der Waals surface area contributed by atoms with Gasteiger partial charge in [0.2, 0.25) is 0 Å². The highest BCUT2D eigenvalue weighted by Gasteiger charge is 2.27. The molecule has 0 aliphatic heterocycles. The lowest BCUT2D eigenvalue weighted by Crippen LogP contribution is -2.41. The maximum Gasteiger partial charge on any atom is 0.321 e. The number of urea groups is 1. The van der Waals surface area contributed by atoms with E-state index in [2.05, 4.69) is 10.6 Å². The summed E-state index contributed by atoms with van der Waals surface area (Å²) in [6.45, 7) is 2.07. The Balaban J connectivity index is 2.19. The summed E-state index contributed by atoms with van der Waals surface area (Å²) in [7, 11) is 1.39. The lowest BCUT2D eigenvalue weighted by Gasteiger charge is -2.26. The van der Waals surface area contributed by atoms with Crippen molar-refractivity contribution in [3.8, 4) is 0 Å². The van der Waals surface area contributed by atoms with Gasteiger partial charge in [0.05, 0.1) is 19.1 Å². The summed E-state index contributed by atoms with van der Waals surface area (Å²) in [5, 5.41) is 4.63. The molecule has 1 fully saturated rings. The zero-order valence-electron chi connectivity index (χ0n) is 11.9. The van der Waals surface area contributed by atoms with E-state index in [1.54, 1.807) is 6.92 Å². The molecule has 0 aromatic rings. The monoisotopic (exact) mass is 286 g/mol. The van der Waals surface area contributed by atoms with Crippen LogP contribution in [0.25, 0.3) is 0 Å². The standard InChI is InChI=1S/C13H22N2O5/c1-3-14-13(18)15-11(16)8-20-10-6-4-9(5-7-10)12(17)19-2/h9-10H,3-8H2,1-2H3,(H2,14,15,16,18). The molecular weight excluding hydrogens is 264 g/mol. The summed E-state index contributed by atoms with van der Waals surface area (Å²) in [5.74, 6) is -0.715. The molecular formula is C13H22N2O5. The van der Waals surface area contributed by atoms with E-state index >= 15 is 0 Å². The van der Waals surface area contributed by atoms with Gasteiger partial charge in [0.25, 0.3) is 5.91 Å². The van der Waals surface area contributed by atoms with Crippen molar-refractivity contribution >= 4 is 17.9 Å². The summed E-state index contributed by atoms with van der Waals surface area (Å²) in [6.07, 6.45) is 2.79. The molecule has 1 aliphatic carbocycles. The lowest BCUT2D eigenvalue weighted by molar-refractivity contribution is -0.148. The maximum absolute atomic E-state index is 11.4. The highest BCUT2D eigenvalue weighted by atomic mass is 16.5. The molecule has 1 rings (SSSR count). The third kappa shape index (κ3) is 5.56. The van der Waals surface area contributed by atoms with Crippen molar-refractivity contribution in [2.24, 2.45) is 5.92 Å². The molecule has 0 saturated heterocycles. The van der Waals surface area contributed by atoms with Crippen LogP contribution in [0.15, 0.2) is 0 Å². The highest BCUT2D eigenvalue weighted by Crippen LogP contribution is 2.26. The van der Waals surface area contributed by atoms with Crippen LogP contribution in [0.2, 0.25) is 0 Å². The molecule has 3 amide bonds. The fraction of sp³-hybridized carbons (Fsp3) is 0.769. The number of imide groups is 1. The van der Waals surface area contributed by atoms with Crippen molar-refractivity contribution in [2.75, 3.05) is 20.3 Å². The third-order valence-corrected chi connectivity index (χ3v) is 3.25. The Bertz CT molecular complexity index is 351. The number of carbonyl (C=O) groups is 3. The molecule has 0 aromatic carbocycles. The van der Waals surface area contributed by atoms with Crippen LogP contribution >= 0.6 is 0 Å². The quantitative estimate of drug-likeness (QED) is 0.721. The Labute approximate surface area is 118 Å². The molecule has 7 heteroatoms. The molecule has 0 radical (unpaired) electrons. The molecule has 114 valence electrons. The zero-order chi connectivity index (χ0) is 15.0. The number of hydrogen-bond donors (Lipinski definition) is 2. The number of amides is 3. The Morgan fingerprint density at radius 2 is 1.80 bits per heavy atom. The van der Waals surface area contributed by atoms with Crippen LogP contribution in [0.3, 0.4) is 0 Å². The summed E-state index contributed by atoms with van der Waals surface area (Å²) >= 11 is 0. The number of methoxy groups -OCH3 is 1. The molecule has 1 saturated carbocycles. The van der Waals surface area contributed by atoms with Crippen LogP contribution in [-0.2, 0) is 19.1 Å². The van der Waals surface area contributed by atoms with E-state index < -0.39 is 11.9 Å². The van der Waals surface area contributed by atoms with Gasteiger partial charge in [-0.15, -0.1) is 0 Å². The first-order valence-electron chi connectivity index (χ1n) is 6.84. The SMILES string of the molecule is CCNC(=O)NC(=O)COC1CCC(C(=O)OC)CC1. The minimum absolute atomic E-state index is 0.0455. The van der Waals surface area contributed by atoms with Gasteiger partial charge in [-0.05, 0) is 32.6 Å². The molecule has 1 aliphatic rings. The van der Waals surface area contributed by atoms with Gasteiger partial charge in [0.15, 0.2) is 0 Å². The number of hydrogen-bond acceptors (Lipinski definition) is 5. The van der Waals surface area contributed by atoms with Crippen molar-refractivity contribution in [2.45, 2.75) is 38.7 Å². The van der Waals surface area contributed by atoms with E-state index in [0.29, 0.717) is 32.2 Å². The first-order chi connectivity index (χ1) is 9.56. The number of nitrogens with one attached hydrogen (secondary N) is 2. The molecule has 0 spiro atoms. The summed E-state index contributed by atoms with van der Waals surface area (Å²) in [6, 6.07) is -0.518. The van der Waals surface area contributed by atoms with E-state index in [-0.39, 0.29) is 24.6 Å². The topological polar surface area (TPSA) is 93.7 Å². The van der Waals surface area contributed by atoms with E-state index in [9.17, 15) is 14.4 Å². The molecule has 7 nitrogen and oxygen atoms in total. The highest BCUT2D eigenvalue weighted by molar-refractivity contribution is 5.94. The first-order valence-corrected chi connectivity index (χ1v) is 6.84. The van der Waals surface area contributed by atoms with Gasteiger partial charge in [0.1, 0.15) is 6.61 Å². The minimum Gasteiger partial charge on any atom is -0.469 e. The van der Waals surface area contributed by atoms with Gasteiger partial charge in [0, 0.05) is 6.54 Å². The predicted molar refractivity (Wildman–Crippen MR) is 70.9 cm³/mol. The van der Waals surface area contributed by atoms with Crippen LogP contribution in [-0.4, -0.2) is 44.3 Å². The fourth-order valence-electron chi connectivity index (χ4n) is 2.19. The second-order valence-corrected chi connectivity index (χ2v) is 4.72. The Morgan fingerprint density at radius 3 is 2.35 bits per heavy atom. The van der Waals surface area contributed by atoms with Gasteiger partial charge < -0.3 is 14.8 Å². The third-order valence-electron chi connectivity index (χ3n) is 3.25. The number of esters is 1. The van der Waals surface area contributed by atoms with Crippen LogP contribution in [0.5, 0.6) is 0 Å². The predicted octanol–water partition coefficient (Wildman–Crippen LogP) is 0.581. The lowest BCUT2D eigenvalue weighted by atomic mass is 9.87. The zero-order valence-corrected chi connectivity index (χ0v) is 11.9. The van der Waals surface area contributed by atoms with Gasteiger partial charge in [-0.1, -0.05) is 0 Å². The van der Waals surface area contributed by atoms with Crippen LogP contribution < -0.4 is 10.6 Å². The van der Waals surface area contributed by atoms with Crippen molar-refractivity contribution in [1.29, 1.82) is 0 Å². The van der Waals surface area contributed by atoms with Crippen molar-refractivity contribution in [3.05, 3.63) is 0 Å². The van der Waals surface area contributed by atoms with E-state index in [0.717, 1.165) is 0 Å². The number of ether oxygens (including phenoxy) is 2. The molecule has 0 heterocycles. The van der Waals surface area contributed by atoms with Gasteiger partial charge in [-0.3, -0.25) is 14.9 Å². The largest absolute Gasteiger partial charge is 0.469 e. The summed E-state index contributed by atoms with van der Waals surface area (Å²) < 4.78 is 10.1. The molecule has 0 atom stereocenters. The number of carbonyl (C=O) groups excluding carboxylic acids is 3. The van der Waals surface area contributed by atoms with Crippen molar-refractivity contribution in [3.63, 3.8) is 0 Å². The van der Waals surface area contributed by atoms with Gasteiger partial charge in [-0.2, -0.15) is 0 Å². The normalized spacial score (nSPS) is 21.9. The average molecular weight is 286 g/mol. The molecule has 0 bridgehead atoms. The van der Waals surface area contributed by atoms with Crippen molar-refractivity contribution < 1.29 is 23.9 Å².